The lowest BCUT2D eigenvalue weighted by molar-refractivity contribution is -0.0389. The molecule has 162 valence electrons. The average molecular weight is 506 g/mol. The SMILES string of the molecule is C=C(O)C1CC(OCCOc2c(Br)ccc(-c3cc(=O)c4cccc(Cl)c4o3)c2C)C1. The summed E-state index contributed by atoms with van der Waals surface area (Å²) < 4.78 is 18.6. The van der Waals surface area contributed by atoms with E-state index in [4.69, 9.17) is 25.5 Å². The lowest BCUT2D eigenvalue weighted by Crippen LogP contribution is -2.33. The number of halogens is 2. The van der Waals surface area contributed by atoms with Crippen LogP contribution in [0.3, 0.4) is 0 Å². The second-order valence-electron chi connectivity index (χ2n) is 7.64. The molecule has 5 nitrogen and oxygen atoms in total. The number of fused-ring (bicyclic) bond motifs is 1. The van der Waals surface area contributed by atoms with Crippen LogP contribution in [0.4, 0.5) is 0 Å². The maximum absolute atomic E-state index is 12.6. The van der Waals surface area contributed by atoms with Gasteiger partial charge in [0.15, 0.2) is 11.0 Å². The van der Waals surface area contributed by atoms with Crippen molar-refractivity contribution in [3.8, 4) is 17.1 Å². The van der Waals surface area contributed by atoms with Crippen molar-refractivity contribution in [3.05, 3.63) is 74.0 Å². The van der Waals surface area contributed by atoms with Crippen LogP contribution in [0.25, 0.3) is 22.3 Å². The molecule has 0 amide bonds. The van der Waals surface area contributed by atoms with Gasteiger partial charge in [-0.1, -0.05) is 24.2 Å². The van der Waals surface area contributed by atoms with Gasteiger partial charge >= 0.3 is 0 Å². The van der Waals surface area contributed by atoms with Gasteiger partial charge in [-0.25, -0.2) is 0 Å². The molecule has 1 aliphatic rings. The van der Waals surface area contributed by atoms with E-state index in [1.165, 1.54) is 6.07 Å². The Labute approximate surface area is 193 Å². The van der Waals surface area contributed by atoms with Gasteiger partial charge < -0.3 is 19.0 Å². The number of hydrogen-bond donors (Lipinski definition) is 1. The highest BCUT2D eigenvalue weighted by atomic mass is 79.9. The fourth-order valence-electron chi connectivity index (χ4n) is 3.71. The zero-order valence-corrected chi connectivity index (χ0v) is 19.3. The average Bonchev–Trinajstić information content (AvgIpc) is 2.69. The van der Waals surface area contributed by atoms with E-state index >= 15 is 0 Å². The molecule has 4 rings (SSSR count). The molecule has 1 heterocycles. The molecule has 7 heteroatoms. The molecular formula is C24H22BrClO5. The Morgan fingerprint density at radius 3 is 2.81 bits per heavy atom. The fraction of sp³-hybridized carbons (Fsp3) is 0.292. The first kappa shape index (κ1) is 21.9. The van der Waals surface area contributed by atoms with Crippen LogP contribution in [0.2, 0.25) is 5.02 Å². The largest absolute Gasteiger partial charge is 0.513 e. The first-order valence-corrected chi connectivity index (χ1v) is 11.2. The third-order valence-electron chi connectivity index (χ3n) is 5.58. The minimum absolute atomic E-state index is 0.130. The van der Waals surface area contributed by atoms with Gasteiger partial charge in [-0.15, -0.1) is 0 Å². The molecule has 3 aromatic rings. The van der Waals surface area contributed by atoms with E-state index in [-0.39, 0.29) is 23.2 Å². The first-order valence-electron chi connectivity index (χ1n) is 9.99. The highest BCUT2D eigenvalue weighted by molar-refractivity contribution is 9.10. The van der Waals surface area contributed by atoms with Gasteiger partial charge in [0.25, 0.3) is 0 Å². The molecule has 0 atom stereocenters. The number of para-hydroxylation sites is 1. The van der Waals surface area contributed by atoms with Crippen molar-refractivity contribution in [3.63, 3.8) is 0 Å². The summed E-state index contributed by atoms with van der Waals surface area (Å²) in [5, 5.41) is 10.2. The summed E-state index contributed by atoms with van der Waals surface area (Å²) in [7, 11) is 0. The van der Waals surface area contributed by atoms with E-state index < -0.39 is 0 Å². The second-order valence-corrected chi connectivity index (χ2v) is 8.90. The van der Waals surface area contributed by atoms with Gasteiger partial charge in [0.1, 0.15) is 18.1 Å². The van der Waals surface area contributed by atoms with Crippen LogP contribution in [-0.4, -0.2) is 24.4 Å². The Kier molecular flexibility index (Phi) is 6.42. The molecule has 0 radical (unpaired) electrons. The molecule has 0 saturated heterocycles. The quantitative estimate of drug-likeness (QED) is 0.296. The van der Waals surface area contributed by atoms with Crippen LogP contribution in [-0.2, 0) is 4.74 Å². The molecule has 0 aliphatic heterocycles. The van der Waals surface area contributed by atoms with Crippen LogP contribution < -0.4 is 10.2 Å². The fourth-order valence-corrected chi connectivity index (χ4v) is 4.47. The van der Waals surface area contributed by atoms with Gasteiger partial charge in [0, 0.05) is 23.1 Å². The predicted octanol–water partition coefficient (Wildman–Crippen LogP) is 6.43. The number of aliphatic hydroxyl groups is 1. The zero-order valence-electron chi connectivity index (χ0n) is 17.0. The lowest BCUT2D eigenvalue weighted by Gasteiger charge is -2.34. The monoisotopic (exact) mass is 504 g/mol. The van der Waals surface area contributed by atoms with Crippen LogP contribution >= 0.6 is 27.5 Å². The van der Waals surface area contributed by atoms with Gasteiger partial charge in [-0.3, -0.25) is 4.79 Å². The Hall–Kier alpha value is -2.28. The van der Waals surface area contributed by atoms with Crippen LogP contribution in [0.1, 0.15) is 18.4 Å². The summed E-state index contributed by atoms with van der Waals surface area (Å²) in [6.07, 6.45) is 1.71. The van der Waals surface area contributed by atoms with Crippen molar-refractivity contribution in [1.29, 1.82) is 0 Å². The maximum atomic E-state index is 12.6. The minimum atomic E-state index is -0.152. The van der Waals surface area contributed by atoms with E-state index in [0.717, 1.165) is 28.4 Å². The van der Waals surface area contributed by atoms with E-state index in [2.05, 4.69) is 22.5 Å². The summed E-state index contributed by atoms with van der Waals surface area (Å²) in [5.41, 5.74) is 1.81. The molecule has 1 aliphatic carbocycles. The Morgan fingerprint density at radius 1 is 1.29 bits per heavy atom. The van der Waals surface area contributed by atoms with E-state index in [1.54, 1.807) is 18.2 Å². The Balaban J connectivity index is 1.50. The van der Waals surface area contributed by atoms with Crippen molar-refractivity contribution >= 4 is 38.5 Å². The number of hydrogen-bond acceptors (Lipinski definition) is 5. The highest BCUT2D eigenvalue weighted by Gasteiger charge is 2.31. The topological polar surface area (TPSA) is 68.9 Å². The summed E-state index contributed by atoms with van der Waals surface area (Å²) >= 11 is 9.77. The highest BCUT2D eigenvalue weighted by Crippen LogP contribution is 2.37. The van der Waals surface area contributed by atoms with Crippen LogP contribution in [0.15, 0.2) is 62.4 Å². The molecule has 0 bridgehead atoms. The zero-order chi connectivity index (χ0) is 22.1. The molecule has 1 fully saturated rings. The molecular weight excluding hydrogens is 484 g/mol. The molecule has 31 heavy (non-hydrogen) atoms. The molecule has 1 aromatic heterocycles. The summed E-state index contributed by atoms with van der Waals surface area (Å²) in [6, 6.07) is 10.3. The van der Waals surface area contributed by atoms with Gasteiger partial charge in [-0.05, 0) is 60.0 Å². The number of rotatable bonds is 7. The molecule has 1 N–H and O–H groups in total. The van der Waals surface area contributed by atoms with Crippen molar-refractivity contribution in [2.75, 3.05) is 13.2 Å². The normalized spacial score (nSPS) is 18.0. The number of allylic oxidation sites excluding steroid dienone is 1. The Bertz CT molecular complexity index is 1200. The van der Waals surface area contributed by atoms with Crippen LogP contribution in [0.5, 0.6) is 5.75 Å². The maximum Gasteiger partial charge on any atom is 0.193 e. The number of aliphatic hydroxyl groups excluding tert-OH is 1. The number of benzene rings is 2. The van der Waals surface area contributed by atoms with Crippen molar-refractivity contribution in [2.24, 2.45) is 5.92 Å². The van der Waals surface area contributed by atoms with Gasteiger partial charge in [0.05, 0.1) is 33.4 Å². The molecule has 1 saturated carbocycles. The van der Waals surface area contributed by atoms with Gasteiger partial charge in [-0.2, -0.15) is 0 Å². The summed E-state index contributed by atoms with van der Waals surface area (Å²) in [4.78, 5) is 12.6. The lowest BCUT2D eigenvalue weighted by atomic mass is 9.81. The Morgan fingerprint density at radius 2 is 2.06 bits per heavy atom. The van der Waals surface area contributed by atoms with Gasteiger partial charge in [0.2, 0.25) is 0 Å². The molecule has 0 unspecified atom stereocenters. The smallest absolute Gasteiger partial charge is 0.193 e. The summed E-state index contributed by atoms with van der Waals surface area (Å²) in [6.45, 7) is 6.29. The molecule has 0 spiro atoms. The van der Waals surface area contributed by atoms with E-state index in [9.17, 15) is 9.90 Å². The second kappa shape index (κ2) is 9.07. The van der Waals surface area contributed by atoms with Crippen molar-refractivity contribution in [1.82, 2.24) is 0 Å². The van der Waals surface area contributed by atoms with Crippen molar-refractivity contribution < 1.29 is 19.0 Å². The number of ether oxygens (including phenoxy) is 2. The van der Waals surface area contributed by atoms with Crippen molar-refractivity contribution in [2.45, 2.75) is 25.9 Å². The minimum Gasteiger partial charge on any atom is -0.513 e. The van der Waals surface area contributed by atoms with E-state index in [1.807, 2.05) is 19.1 Å². The third-order valence-corrected chi connectivity index (χ3v) is 6.50. The first-order chi connectivity index (χ1) is 14.8. The van der Waals surface area contributed by atoms with Crippen LogP contribution in [0, 0.1) is 12.8 Å². The predicted molar refractivity (Wildman–Crippen MR) is 125 cm³/mol. The van der Waals surface area contributed by atoms with E-state index in [0.29, 0.717) is 40.7 Å². The summed E-state index contributed by atoms with van der Waals surface area (Å²) in [5.74, 6) is 1.47. The third kappa shape index (κ3) is 4.52. The standard InChI is InChI=1S/C24H22BrClO5/c1-13-17(22-12-21(28)18-4-3-5-20(26)24(18)31-22)6-7-19(25)23(13)30-9-8-29-16-10-15(11-16)14(2)27/h3-7,12,15-16,27H,2,8-11H2,1H3. The molecule has 2 aromatic carbocycles.